The second-order valence-corrected chi connectivity index (χ2v) is 2.91. The number of aromatic nitrogens is 4. The average molecular weight is 194 g/mol. The van der Waals surface area contributed by atoms with Crippen LogP contribution >= 0.6 is 0 Å². The van der Waals surface area contributed by atoms with Crippen LogP contribution in [0.25, 0.3) is 0 Å². The number of imidazole rings is 1. The zero-order valence-corrected chi connectivity index (χ0v) is 7.71. The molecular weight excluding hydrogens is 184 g/mol. The third-order valence-electron chi connectivity index (χ3n) is 1.73. The van der Waals surface area contributed by atoms with Crippen molar-refractivity contribution in [3.63, 3.8) is 0 Å². The molecule has 0 aliphatic carbocycles. The highest BCUT2D eigenvalue weighted by Crippen LogP contribution is 2.02. The van der Waals surface area contributed by atoms with E-state index in [-0.39, 0.29) is 6.61 Å². The highest BCUT2D eigenvalue weighted by Gasteiger charge is 2.03. The predicted octanol–water partition coefficient (Wildman–Crippen LogP) is 0.115. The van der Waals surface area contributed by atoms with Crippen molar-refractivity contribution in [3.05, 3.63) is 30.0 Å². The van der Waals surface area contributed by atoms with Crippen LogP contribution in [0.1, 0.15) is 17.5 Å². The number of aryl methyl sites for hydroxylation is 1. The van der Waals surface area contributed by atoms with Crippen molar-refractivity contribution in [2.24, 2.45) is 0 Å². The van der Waals surface area contributed by atoms with Gasteiger partial charge in [0.25, 0.3) is 0 Å². The third kappa shape index (κ3) is 1.80. The van der Waals surface area contributed by atoms with Crippen LogP contribution in [-0.2, 0) is 13.2 Å². The van der Waals surface area contributed by atoms with Crippen molar-refractivity contribution in [2.75, 3.05) is 0 Å². The molecule has 0 bridgehead atoms. The van der Waals surface area contributed by atoms with Crippen molar-refractivity contribution < 1.29 is 9.52 Å². The Morgan fingerprint density at radius 1 is 1.50 bits per heavy atom. The molecule has 0 aromatic carbocycles. The van der Waals surface area contributed by atoms with Crippen molar-refractivity contribution >= 4 is 0 Å². The first-order chi connectivity index (χ1) is 6.78. The molecule has 0 spiro atoms. The maximum absolute atomic E-state index is 8.79. The molecule has 2 rings (SSSR count). The standard InChI is InChI=1S/C8H10N4O2/c1-6-10-11-8(14-6)3-12-2-7(4-13)9-5-12/h2,5,13H,3-4H2,1H3. The van der Waals surface area contributed by atoms with E-state index in [2.05, 4.69) is 15.2 Å². The van der Waals surface area contributed by atoms with Gasteiger partial charge in [-0.1, -0.05) is 0 Å². The van der Waals surface area contributed by atoms with Crippen LogP contribution in [-0.4, -0.2) is 24.9 Å². The van der Waals surface area contributed by atoms with E-state index in [1.807, 2.05) is 0 Å². The molecule has 2 heterocycles. The monoisotopic (exact) mass is 194 g/mol. The summed E-state index contributed by atoms with van der Waals surface area (Å²) in [6, 6.07) is 0. The van der Waals surface area contributed by atoms with Gasteiger partial charge in [-0.2, -0.15) is 0 Å². The van der Waals surface area contributed by atoms with Gasteiger partial charge >= 0.3 is 0 Å². The number of aliphatic hydroxyl groups is 1. The molecule has 0 aliphatic rings. The summed E-state index contributed by atoms with van der Waals surface area (Å²) in [7, 11) is 0. The van der Waals surface area contributed by atoms with E-state index in [1.54, 1.807) is 24.0 Å². The number of hydrogen-bond acceptors (Lipinski definition) is 5. The fraction of sp³-hybridized carbons (Fsp3) is 0.375. The summed E-state index contributed by atoms with van der Waals surface area (Å²) in [4.78, 5) is 3.96. The number of rotatable bonds is 3. The van der Waals surface area contributed by atoms with Gasteiger partial charge in [-0.05, 0) is 0 Å². The Kier molecular flexibility index (Phi) is 2.28. The Hall–Kier alpha value is -1.69. The molecule has 0 atom stereocenters. The van der Waals surface area contributed by atoms with Crippen LogP contribution in [0.2, 0.25) is 0 Å². The lowest BCUT2D eigenvalue weighted by atomic mass is 10.5. The van der Waals surface area contributed by atoms with Gasteiger partial charge in [0.1, 0.15) is 6.54 Å². The van der Waals surface area contributed by atoms with Gasteiger partial charge in [-0.15, -0.1) is 10.2 Å². The molecule has 2 aromatic heterocycles. The quantitative estimate of drug-likeness (QED) is 0.750. The fourth-order valence-corrected chi connectivity index (χ4v) is 1.13. The van der Waals surface area contributed by atoms with Crippen LogP contribution < -0.4 is 0 Å². The molecule has 0 fully saturated rings. The molecule has 0 radical (unpaired) electrons. The fourth-order valence-electron chi connectivity index (χ4n) is 1.13. The van der Waals surface area contributed by atoms with Crippen molar-refractivity contribution in [1.29, 1.82) is 0 Å². The Morgan fingerprint density at radius 2 is 2.36 bits per heavy atom. The van der Waals surface area contributed by atoms with E-state index in [9.17, 15) is 0 Å². The maximum Gasteiger partial charge on any atom is 0.236 e. The van der Waals surface area contributed by atoms with Crippen LogP contribution in [0.4, 0.5) is 0 Å². The van der Waals surface area contributed by atoms with Gasteiger partial charge < -0.3 is 14.1 Å². The molecule has 0 amide bonds. The SMILES string of the molecule is Cc1nnc(Cn2cnc(CO)c2)o1. The Labute approximate surface area is 80.2 Å². The zero-order valence-electron chi connectivity index (χ0n) is 7.71. The minimum absolute atomic E-state index is 0.0597. The lowest BCUT2D eigenvalue weighted by Crippen LogP contribution is -1.96. The summed E-state index contributed by atoms with van der Waals surface area (Å²) in [5.41, 5.74) is 0.626. The molecule has 2 aromatic rings. The average Bonchev–Trinajstić information content (AvgIpc) is 2.76. The zero-order chi connectivity index (χ0) is 9.97. The van der Waals surface area contributed by atoms with Crippen molar-refractivity contribution in [3.8, 4) is 0 Å². The third-order valence-corrected chi connectivity index (χ3v) is 1.73. The molecule has 0 aliphatic heterocycles. The lowest BCUT2D eigenvalue weighted by molar-refractivity contribution is 0.277. The van der Waals surface area contributed by atoms with Crippen molar-refractivity contribution in [2.45, 2.75) is 20.1 Å². The molecule has 1 N–H and O–H groups in total. The van der Waals surface area contributed by atoms with E-state index in [4.69, 9.17) is 9.52 Å². The first-order valence-corrected chi connectivity index (χ1v) is 4.18. The number of hydrogen-bond donors (Lipinski definition) is 1. The van der Waals surface area contributed by atoms with Crippen molar-refractivity contribution in [1.82, 2.24) is 19.7 Å². The Balaban J connectivity index is 2.10. The van der Waals surface area contributed by atoms with Gasteiger partial charge in [0.05, 0.1) is 18.6 Å². The first-order valence-electron chi connectivity index (χ1n) is 4.18. The van der Waals surface area contributed by atoms with Gasteiger partial charge in [-0.25, -0.2) is 4.98 Å². The van der Waals surface area contributed by atoms with Crippen LogP contribution in [0.5, 0.6) is 0 Å². The smallest absolute Gasteiger partial charge is 0.236 e. The molecule has 6 nitrogen and oxygen atoms in total. The molecular formula is C8H10N4O2. The minimum Gasteiger partial charge on any atom is -0.424 e. The van der Waals surface area contributed by atoms with E-state index < -0.39 is 0 Å². The second kappa shape index (κ2) is 3.59. The van der Waals surface area contributed by atoms with Gasteiger partial charge in [0.15, 0.2) is 0 Å². The molecule has 0 unspecified atom stereocenters. The summed E-state index contributed by atoms with van der Waals surface area (Å²) in [6.07, 6.45) is 3.35. The van der Waals surface area contributed by atoms with Crippen LogP contribution in [0, 0.1) is 6.92 Å². The Morgan fingerprint density at radius 3 is 2.93 bits per heavy atom. The topological polar surface area (TPSA) is 77.0 Å². The summed E-state index contributed by atoms with van der Waals surface area (Å²) in [6.45, 7) is 2.16. The predicted molar refractivity (Wildman–Crippen MR) is 46.3 cm³/mol. The highest BCUT2D eigenvalue weighted by atomic mass is 16.4. The summed E-state index contributed by atoms with van der Waals surface area (Å²) in [5, 5.41) is 16.4. The summed E-state index contributed by atoms with van der Waals surface area (Å²) < 4.78 is 6.97. The highest BCUT2D eigenvalue weighted by molar-refractivity contribution is 4.96. The lowest BCUT2D eigenvalue weighted by Gasteiger charge is -1.94. The van der Waals surface area contributed by atoms with Crippen LogP contribution in [0.3, 0.4) is 0 Å². The molecule has 14 heavy (non-hydrogen) atoms. The van der Waals surface area contributed by atoms with E-state index >= 15 is 0 Å². The van der Waals surface area contributed by atoms with E-state index in [0.29, 0.717) is 24.0 Å². The molecule has 74 valence electrons. The first kappa shape index (κ1) is 8.89. The molecule has 6 heteroatoms. The number of nitrogens with zero attached hydrogens (tertiary/aromatic N) is 4. The van der Waals surface area contributed by atoms with Gasteiger partial charge in [0.2, 0.25) is 11.8 Å². The molecule has 0 saturated heterocycles. The second-order valence-electron chi connectivity index (χ2n) is 2.91. The van der Waals surface area contributed by atoms with Crippen LogP contribution in [0.15, 0.2) is 16.9 Å². The normalized spacial score (nSPS) is 10.7. The van der Waals surface area contributed by atoms with Gasteiger partial charge in [-0.3, -0.25) is 0 Å². The van der Waals surface area contributed by atoms with Gasteiger partial charge in [0, 0.05) is 13.1 Å². The maximum atomic E-state index is 8.79. The Bertz CT molecular complexity index is 420. The number of aliphatic hydroxyl groups excluding tert-OH is 1. The van der Waals surface area contributed by atoms with E-state index in [0.717, 1.165) is 0 Å². The molecule has 0 saturated carbocycles. The minimum atomic E-state index is -0.0597. The largest absolute Gasteiger partial charge is 0.424 e. The summed E-state index contributed by atoms with van der Waals surface area (Å²) in [5.74, 6) is 1.08. The summed E-state index contributed by atoms with van der Waals surface area (Å²) >= 11 is 0. The van der Waals surface area contributed by atoms with E-state index in [1.165, 1.54) is 0 Å².